The fourth-order valence-electron chi connectivity index (χ4n) is 9.52. The minimum Gasteiger partial charge on any atom is -0.394 e. The van der Waals surface area contributed by atoms with Gasteiger partial charge >= 0.3 is 0 Å². The zero-order valence-corrected chi connectivity index (χ0v) is 47.8. The van der Waals surface area contributed by atoms with Crippen molar-refractivity contribution in [1.82, 2.24) is 5.32 Å². The highest BCUT2D eigenvalue weighted by atomic mass is 16.8. The van der Waals surface area contributed by atoms with E-state index >= 15 is 0 Å². The highest BCUT2D eigenvalue weighted by Gasteiger charge is 2.53. The first-order chi connectivity index (χ1) is 38.8. The van der Waals surface area contributed by atoms with Crippen molar-refractivity contribution in [2.24, 2.45) is 0 Å². The van der Waals surface area contributed by atoms with Gasteiger partial charge in [0.25, 0.3) is 0 Å². The lowest BCUT2D eigenvalue weighted by Crippen LogP contribution is -2.66. The van der Waals surface area contributed by atoms with Crippen LogP contribution in [0, 0.1) is 0 Å². The Morgan fingerprint density at radius 1 is 0.463 bits per heavy atom. The number of carbonyl (C=O) groups is 1. The SMILES string of the molecule is CC/C=C\C/C=C\C/C=C\C/C=C\C/C=C\CCCCCCCCCCCC(=O)NC(COC1OC(CO)C(OC2OC(CO)C(OC3OC(CO)C(O)C(O)C3O)C(O)C2O)C(O)C1O)C(O)/C=C/CC/C=C/CCCCCC. The van der Waals surface area contributed by atoms with Gasteiger partial charge in [0, 0.05) is 6.42 Å². The van der Waals surface area contributed by atoms with Gasteiger partial charge in [-0.25, -0.2) is 0 Å². The predicted octanol–water partition coefficient (Wildman–Crippen LogP) is 5.20. The van der Waals surface area contributed by atoms with Crippen LogP contribution in [0.25, 0.3) is 0 Å². The average molecular weight is 1140 g/mol. The first-order valence-corrected chi connectivity index (χ1v) is 29.8. The minimum absolute atomic E-state index is 0.222. The van der Waals surface area contributed by atoms with Crippen LogP contribution < -0.4 is 5.32 Å². The average Bonchev–Trinajstić information content (AvgIpc) is 3.47. The maximum absolute atomic E-state index is 13.3. The van der Waals surface area contributed by atoms with Gasteiger partial charge in [0.1, 0.15) is 73.2 Å². The number of nitrogens with one attached hydrogen (secondary N) is 1. The summed E-state index contributed by atoms with van der Waals surface area (Å²) in [5.74, 6) is -0.299. The molecule has 12 N–H and O–H groups in total. The second-order valence-electron chi connectivity index (χ2n) is 21.1. The van der Waals surface area contributed by atoms with Crippen molar-refractivity contribution < 1.29 is 89.4 Å². The van der Waals surface area contributed by atoms with Gasteiger partial charge in [-0.1, -0.05) is 163 Å². The van der Waals surface area contributed by atoms with E-state index in [4.69, 9.17) is 28.4 Å². The summed E-state index contributed by atoms with van der Waals surface area (Å²) in [6.45, 7) is 1.51. The molecule has 0 radical (unpaired) electrons. The third kappa shape index (κ3) is 27.1. The number of hydrogen-bond acceptors (Lipinski definition) is 18. The summed E-state index contributed by atoms with van der Waals surface area (Å²) >= 11 is 0. The second kappa shape index (κ2) is 43.6. The Hall–Kier alpha value is -3.03. The molecule has 0 aromatic carbocycles. The smallest absolute Gasteiger partial charge is 0.220 e. The van der Waals surface area contributed by atoms with Gasteiger partial charge in [-0.05, 0) is 77.0 Å². The number of aliphatic hydroxyl groups excluding tert-OH is 11. The largest absolute Gasteiger partial charge is 0.394 e. The summed E-state index contributed by atoms with van der Waals surface area (Å²) in [4.78, 5) is 13.3. The number of ether oxygens (including phenoxy) is 6. The Morgan fingerprint density at radius 3 is 1.40 bits per heavy atom. The number of allylic oxidation sites excluding steroid dienone is 13. The Labute approximate surface area is 476 Å². The van der Waals surface area contributed by atoms with Crippen molar-refractivity contribution in [2.75, 3.05) is 26.4 Å². The van der Waals surface area contributed by atoms with E-state index in [1.807, 2.05) is 6.08 Å². The zero-order valence-electron chi connectivity index (χ0n) is 47.8. The monoisotopic (exact) mass is 1140 g/mol. The van der Waals surface area contributed by atoms with Crippen LogP contribution in [0.1, 0.15) is 162 Å². The molecule has 19 nitrogen and oxygen atoms in total. The molecule has 3 fully saturated rings. The van der Waals surface area contributed by atoms with E-state index in [0.717, 1.165) is 83.5 Å². The topological polar surface area (TPSA) is 307 Å². The standard InChI is InChI=1S/C61H103NO18/c1-3-5-7-9-11-13-15-16-17-18-19-20-21-22-23-24-25-26-27-28-29-31-33-35-37-39-49(67)62-44(45(66)38-36-34-32-30-14-12-10-8-6-4-2)43-75-59-55(73)52(70)57(47(41-64)77-59)80-61-56(74)53(71)58(48(42-65)78-61)79-60-54(72)51(69)50(68)46(40-63)76-60/h5,7,11,13-14,16-17,19-20,22-23,30,36,38,44-48,50-61,63-66,68-74H,3-4,6,8-10,12,15,18,21,24-29,31-35,37,39-43H2,1-2H3,(H,62,67)/b7-5-,13-11-,17-16-,20-19-,23-22-,30-14+,38-36+. The Balaban J connectivity index is 1.45. The molecule has 17 unspecified atom stereocenters. The molecule has 19 heteroatoms. The molecule has 0 bridgehead atoms. The molecule has 17 atom stereocenters. The fraction of sp³-hybridized carbons (Fsp3) is 0.754. The lowest BCUT2D eigenvalue weighted by Gasteiger charge is -2.48. The molecule has 0 aromatic heterocycles. The van der Waals surface area contributed by atoms with Gasteiger partial charge in [0.15, 0.2) is 18.9 Å². The van der Waals surface area contributed by atoms with Crippen LogP contribution in [0.5, 0.6) is 0 Å². The fourth-order valence-corrected chi connectivity index (χ4v) is 9.52. The van der Waals surface area contributed by atoms with Crippen LogP contribution in [-0.2, 0) is 33.2 Å². The highest BCUT2D eigenvalue weighted by molar-refractivity contribution is 5.76. The number of aliphatic hydroxyl groups is 11. The lowest BCUT2D eigenvalue weighted by atomic mass is 9.96. The number of rotatable bonds is 42. The molecule has 3 heterocycles. The molecule has 0 aliphatic carbocycles. The molecule has 0 spiro atoms. The number of carbonyl (C=O) groups excluding carboxylic acids is 1. The lowest BCUT2D eigenvalue weighted by molar-refractivity contribution is -0.379. The Kier molecular flexibility index (Phi) is 38.8. The summed E-state index contributed by atoms with van der Waals surface area (Å²) in [6.07, 6.45) is 25.8. The summed E-state index contributed by atoms with van der Waals surface area (Å²) in [5.41, 5.74) is 0. The molecule has 3 aliphatic heterocycles. The van der Waals surface area contributed by atoms with Crippen LogP contribution in [0.2, 0.25) is 0 Å². The van der Waals surface area contributed by atoms with Gasteiger partial charge < -0.3 is 89.9 Å². The normalized spacial score (nSPS) is 30.6. The molecule has 80 heavy (non-hydrogen) atoms. The van der Waals surface area contributed by atoms with Gasteiger partial charge in [0.2, 0.25) is 5.91 Å². The van der Waals surface area contributed by atoms with Gasteiger partial charge in [-0.3, -0.25) is 4.79 Å². The summed E-state index contributed by atoms with van der Waals surface area (Å²) in [7, 11) is 0. The van der Waals surface area contributed by atoms with Crippen molar-refractivity contribution >= 4 is 5.91 Å². The molecular weight excluding hydrogens is 1030 g/mol. The third-order valence-corrected chi connectivity index (χ3v) is 14.4. The quantitative estimate of drug-likeness (QED) is 0.0276. The van der Waals surface area contributed by atoms with Gasteiger partial charge in [0.05, 0.1) is 38.6 Å². The van der Waals surface area contributed by atoms with Crippen molar-refractivity contribution in [2.45, 2.75) is 266 Å². The second-order valence-corrected chi connectivity index (χ2v) is 21.1. The van der Waals surface area contributed by atoms with Crippen molar-refractivity contribution in [3.05, 3.63) is 85.1 Å². The molecular formula is C61H103NO18. The van der Waals surface area contributed by atoms with E-state index in [-0.39, 0.29) is 18.9 Å². The molecule has 3 aliphatic rings. The maximum atomic E-state index is 13.3. The van der Waals surface area contributed by atoms with Crippen LogP contribution in [0.4, 0.5) is 0 Å². The molecule has 1 amide bonds. The highest BCUT2D eigenvalue weighted by Crippen LogP contribution is 2.33. The number of amides is 1. The van der Waals surface area contributed by atoms with E-state index < -0.39 is 124 Å². The summed E-state index contributed by atoms with van der Waals surface area (Å²) in [6, 6.07) is -0.996. The van der Waals surface area contributed by atoms with Crippen LogP contribution in [0.3, 0.4) is 0 Å². The zero-order chi connectivity index (χ0) is 58.3. The van der Waals surface area contributed by atoms with Gasteiger partial charge in [-0.2, -0.15) is 0 Å². The van der Waals surface area contributed by atoms with E-state index in [9.17, 15) is 61.0 Å². The van der Waals surface area contributed by atoms with Crippen LogP contribution in [-0.4, -0.2) is 193 Å². The molecule has 460 valence electrons. The Bertz CT molecular complexity index is 1790. The third-order valence-electron chi connectivity index (χ3n) is 14.4. The van der Waals surface area contributed by atoms with E-state index in [1.165, 1.54) is 44.9 Å². The molecule has 0 aromatic rings. The molecule has 3 rings (SSSR count). The van der Waals surface area contributed by atoms with E-state index in [0.29, 0.717) is 12.8 Å². The summed E-state index contributed by atoms with van der Waals surface area (Å²) < 4.78 is 34.1. The first kappa shape index (κ1) is 71.2. The van der Waals surface area contributed by atoms with Crippen LogP contribution in [0.15, 0.2) is 85.1 Å². The molecule has 0 saturated carbocycles. The predicted molar refractivity (Wildman–Crippen MR) is 304 cm³/mol. The van der Waals surface area contributed by atoms with Crippen LogP contribution >= 0.6 is 0 Å². The summed E-state index contributed by atoms with van der Waals surface area (Å²) in [5, 5.41) is 120. The van der Waals surface area contributed by atoms with Crippen molar-refractivity contribution in [3.63, 3.8) is 0 Å². The van der Waals surface area contributed by atoms with E-state index in [2.05, 4.69) is 92.1 Å². The number of unbranched alkanes of at least 4 members (excludes halogenated alkanes) is 14. The van der Waals surface area contributed by atoms with Gasteiger partial charge in [-0.15, -0.1) is 0 Å². The Morgan fingerprint density at radius 2 is 0.875 bits per heavy atom. The van der Waals surface area contributed by atoms with E-state index in [1.54, 1.807) is 6.08 Å². The number of hydrogen-bond donors (Lipinski definition) is 12. The first-order valence-electron chi connectivity index (χ1n) is 29.8. The van der Waals surface area contributed by atoms with Crippen molar-refractivity contribution in [1.29, 1.82) is 0 Å². The maximum Gasteiger partial charge on any atom is 0.220 e. The minimum atomic E-state index is -1.98. The molecule has 3 saturated heterocycles. The van der Waals surface area contributed by atoms with Crippen molar-refractivity contribution in [3.8, 4) is 0 Å².